The number of hydrogen-bond acceptors (Lipinski definition) is 4. The maximum Gasteiger partial charge on any atom is 0.263 e. The molecule has 1 aromatic carbocycles. The van der Waals surface area contributed by atoms with E-state index >= 15 is 0 Å². The molecular weight excluding hydrogens is 358 g/mol. The first kappa shape index (κ1) is 19.3. The van der Waals surface area contributed by atoms with Gasteiger partial charge in [-0.1, -0.05) is 37.1 Å². The largest absolute Gasteiger partial charge is 0.344 e. The van der Waals surface area contributed by atoms with Crippen molar-refractivity contribution in [2.24, 2.45) is 0 Å². The molecule has 0 aliphatic heterocycles. The van der Waals surface area contributed by atoms with Gasteiger partial charge >= 0.3 is 0 Å². The molecule has 0 aliphatic rings. The van der Waals surface area contributed by atoms with Crippen LogP contribution in [0.2, 0.25) is 0 Å². The van der Waals surface area contributed by atoms with E-state index in [-0.39, 0.29) is 18.0 Å². The second-order valence-corrected chi connectivity index (χ2v) is 7.85. The highest BCUT2D eigenvalue weighted by molar-refractivity contribution is 7.17. The highest BCUT2D eigenvalue weighted by Gasteiger charge is 2.17. The van der Waals surface area contributed by atoms with E-state index in [1.165, 1.54) is 27.8 Å². The average molecular weight is 384 g/mol. The Balaban J connectivity index is 1.99. The molecule has 0 atom stereocenters. The number of aromatic nitrogens is 2. The molecule has 0 saturated heterocycles. The third kappa shape index (κ3) is 3.95. The molecule has 0 fully saturated rings. The van der Waals surface area contributed by atoms with E-state index in [1.54, 1.807) is 11.9 Å². The van der Waals surface area contributed by atoms with Crippen molar-refractivity contribution in [2.75, 3.05) is 13.6 Å². The van der Waals surface area contributed by atoms with Crippen LogP contribution < -0.4 is 5.56 Å². The van der Waals surface area contributed by atoms with Gasteiger partial charge in [0.1, 0.15) is 11.4 Å². The number of amides is 1. The highest BCUT2D eigenvalue weighted by atomic mass is 32.1. The van der Waals surface area contributed by atoms with Crippen molar-refractivity contribution in [1.29, 1.82) is 0 Å². The Labute approximate surface area is 163 Å². The van der Waals surface area contributed by atoms with Crippen molar-refractivity contribution >= 4 is 27.5 Å². The maximum atomic E-state index is 13.1. The summed E-state index contributed by atoms with van der Waals surface area (Å²) < 4.78 is 1.42. The highest BCUT2D eigenvalue weighted by Crippen LogP contribution is 2.32. The third-order valence-corrected chi connectivity index (χ3v) is 5.70. The summed E-state index contributed by atoms with van der Waals surface area (Å²) in [5.41, 5.74) is 4.08. The van der Waals surface area contributed by atoms with E-state index in [1.807, 2.05) is 24.4 Å². The number of nitrogens with zero attached hydrogens (tertiary/aromatic N) is 3. The van der Waals surface area contributed by atoms with Gasteiger partial charge in [0.05, 0.1) is 11.7 Å². The molecule has 2 aromatic heterocycles. The van der Waals surface area contributed by atoms with Gasteiger partial charge in [0, 0.05) is 24.5 Å². The van der Waals surface area contributed by atoms with Gasteiger partial charge < -0.3 is 4.90 Å². The Bertz CT molecular complexity index is 1040. The molecule has 3 aromatic rings. The lowest BCUT2D eigenvalue weighted by atomic mass is 9.99. The monoisotopic (exact) mass is 383 g/mol. The third-order valence-electron chi connectivity index (χ3n) is 4.81. The lowest BCUT2D eigenvalue weighted by molar-refractivity contribution is -0.130. The number of unbranched alkanes of at least 4 members (excludes halogenated alkanes) is 1. The van der Waals surface area contributed by atoms with Crippen LogP contribution in [0.5, 0.6) is 0 Å². The van der Waals surface area contributed by atoms with Gasteiger partial charge in [-0.2, -0.15) is 0 Å². The minimum Gasteiger partial charge on any atom is -0.344 e. The Morgan fingerprint density at radius 2 is 2.04 bits per heavy atom. The number of benzene rings is 1. The summed E-state index contributed by atoms with van der Waals surface area (Å²) in [7, 11) is 1.78. The molecule has 0 spiro atoms. The lowest BCUT2D eigenvalue weighted by Gasteiger charge is -2.17. The van der Waals surface area contributed by atoms with Crippen LogP contribution >= 0.6 is 11.3 Å². The minimum atomic E-state index is -0.159. The van der Waals surface area contributed by atoms with Gasteiger partial charge in [-0.15, -0.1) is 11.3 Å². The predicted octanol–water partition coefficient (Wildman–Crippen LogP) is 4.00. The number of hydrogen-bond donors (Lipinski definition) is 0. The Kier molecular flexibility index (Phi) is 5.75. The topological polar surface area (TPSA) is 55.2 Å². The standard InChI is InChI=1S/C21H25N3O2S/c1-5-6-9-23(4)18(25)11-24-13-22-20-19(21(24)26)17(12-27-20)16-8-7-14(2)10-15(16)3/h7-8,10,12-13H,5-6,9,11H2,1-4H3. The summed E-state index contributed by atoms with van der Waals surface area (Å²) >= 11 is 1.46. The van der Waals surface area contributed by atoms with Crippen LogP contribution in [0.1, 0.15) is 30.9 Å². The molecule has 0 saturated carbocycles. The fraction of sp³-hybridized carbons (Fsp3) is 0.381. The maximum absolute atomic E-state index is 13.1. The average Bonchev–Trinajstić information content (AvgIpc) is 3.06. The summed E-state index contributed by atoms with van der Waals surface area (Å²) in [4.78, 5) is 32.3. The minimum absolute atomic E-state index is 0.0180. The molecule has 6 heteroatoms. The smallest absolute Gasteiger partial charge is 0.263 e. The molecule has 0 radical (unpaired) electrons. The molecule has 0 N–H and O–H groups in total. The number of rotatable bonds is 6. The van der Waals surface area contributed by atoms with E-state index in [9.17, 15) is 9.59 Å². The fourth-order valence-electron chi connectivity index (χ4n) is 3.18. The first-order valence-electron chi connectivity index (χ1n) is 9.20. The first-order valence-corrected chi connectivity index (χ1v) is 10.1. The van der Waals surface area contributed by atoms with Crippen LogP contribution in [0, 0.1) is 13.8 Å². The van der Waals surface area contributed by atoms with Gasteiger partial charge in [-0.3, -0.25) is 14.2 Å². The number of likely N-dealkylation sites (N-methyl/N-ethyl adjacent to an activating group) is 1. The van der Waals surface area contributed by atoms with E-state index in [2.05, 4.69) is 24.9 Å². The van der Waals surface area contributed by atoms with Crippen molar-refractivity contribution in [2.45, 2.75) is 40.2 Å². The molecule has 0 unspecified atom stereocenters. The zero-order valence-electron chi connectivity index (χ0n) is 16.3. The molecule has 3 rings (SSSR count). The first-order chi connectivity index (χ1) is 12.9. The van der Waals surface area contributed by atoms with Crippen LogP contribution in [0.25, 0.3) is 21.3 Å². The summed E-state index contributed by atoms with van der Waals surface area (Å²) in [6, 6.07) is 6.21. The van der Waals surface area contributed by atoms with E-state index in [0.717, 1.165) is 29.5 Å². The SMILES string of the molecule is CCCCN(C)C(=O)Cn1cnc2scc(-c3ccc(C)cc3C)c2c1=O. The van der Waals surface area contributed by atoms with Crippen LogP contribution in [0.15, 0.2) is 34.7 Å². The zero-order valence-corrected chi connectivity index (χ0v) is 17.1. The van der Waals surface area contributed by atoms with Crippen LogP contribution in [-0.2, 0) is 11.3 Å². The van der Waals surface area contributed by atoms with Gasteiger partial charge in [0.15, 0.2) is 0 Å². The molecule has 0 bridgehead atoms. The van der Waals surface area contributed by atoms with Crippen molar-refractivity contribution < 1.29 is 4.79 Å². The number of thiophene rings is 1. The molecule has 0 aliphatic carbocycles. The van der Waals surface area contributed by atoms with Gasteiger partial charge in [-0.05, 0) is 31.4 Å². The van der Waals surface area contributed by atoms with Crippen molar-refractivity contribution in [3.8, 4) is 11.1 Å². The van der Waals surface area contributed by atoms with Crippen molar-refractivity contribution in [3.05, 3.63) is 51.4 Å². The fourth-order valence-corrected chi connectivity index (χ4v) is 4.08. The number of carbonyl (C=O) groups excluding carboxylic acids is 1. The Morgan fingerprint density at radius 3 is 2.74 bits per heavy atom. The lowest BCUT2D eigenvalue weighted by Crippen LogP contribution is -2.34. The second-order valence-electron chi connectivity index (χ2n) is 6.99. The molecule has 2 heterocycles. The van der Waals surface area contributed by atoms with Crippen LogP contribution in [0.4, 0.5) is 0 Å². The van der Waals surface area contributed by atoms with Crippen molar-refractivity contribution in [3.63, 3.8) is 0 Å². The number of aryl methyl sites for hydroxylation is 2. The van der Waals surface area contributed by atoms with Gasteiger partial charge in [0.2, 0.25) is 5.91 Å². The molecule has 5 nitrogen and oxygen atoms in total. The summed E-state index contributed by atoms with van der Waals surface area (Å²) in [5.74, 6) is -0.0741. The predicted molar refractivity (Wildman–Crippen MR) is 111 cm³/mol. The second kappa shape index (κ2) is 8.05. The Hall–Kier alpha value is -2.47. The molecule has 1 amide bonds. The quantitative estimate of drug-likeness (QED) is 0.646. The van der Waals surface area contributed by atoms with Gasteiger partial charge in [0.25, 0.3) is 5.56 Å². The zero-order chi connectivity index (χ0) is 19.6. The van der Waals surface area contributed by atoms with E-state index in [4.69, 9.17) is 0 Å². The van der Waals surface area contributed by atoms with Crippen molar-refractivity contribution in [1.82, 2.24) is 14.5 Å². The molecule has 27 heavy (non-hydrogen) atoms. The molecule has 142 valence electrons. The van der Waals surface area contributed by atoms with E-state index in [0.29, 0.717) is 16.8 Å². The van der Waals surface area contributed by atoms with Gasteiger partial charge in [-0.25, -0.2) is 4.98 Å². The van der Waals surface area contributed by atoms with Crippen LogP contribution in [-0.4, -0.2) is 34.0 Å². The van der Waals surface area contributed by atoms with E-state index < -0.39 is 0 Å². The summed E-state index contributed by atoms with van der Waals surface area (Å²) in [5, 5.41) is 2.58. The number of fused-ring (bicyclic) bond motifs is 1. The summed E-state index contributed by atoms with van der Waals surface area (Å²) in [6.07, 6.45) is 3.47. The summed E-state index contributed by atoms with van der Waals surface area (Å²) in [6.45, 7) is 6.91. The molecular formula is C21H25N3O2S. The Morgan fingerprint density at radius 1 is 1.26 bits per heavy atom. The van der Waals surface area contributed by atoms with Crippen LogP contribution in [0.3, 0.4) is 0 Å². The number of carbonyl (C=O) groups is 1. The normalized spacial score (nSPS) is 11.1.